The van der Waals surface area contributed by atoms with E-state index < -0.39 is 23.8 Å². The molecule has 1 aliphatic rings. The number of benzene rings is 3. The van der Waals surface area contributed by atoms with Gasteiger partial charge in [-0.3, -0.25) is 14.4 Å². The zero-order valence-electron chi connectivity index (χ0n) is 19.1. The summed E-state index contributed by atoms with van der Waals surface area (Å²) >= 11 is 6.09. The first-order valence-corrected chi connectivity index (χ1v) is 11.0. The van der Waals surface area contributed by atoms with Gasteiger partial charge in [0.2, 0.25) is 0 Å². The summed E-state index contributed by atoms with van der Waals surface area (Å²) in [6.45, 7) is 3.16. The predicted molar refractivity (Wildman–Crippen MR) is 130 cm³/mol. The van der Waals surface area contributed by atoms with Crippen LogP contribution in [0.2, 0.25) is 5.02 Å². The molecule has 0 heterocycles. The monoisotopic (exact) mass is 492 g/mol. The minimum atomic E-state index is -1.21. The highest BCUT2D eigenvalue weighted by molar-refractivity contribution is 6.32. The van der Waals surface area contributed by atoms with E-state index in [4.69, 9.17) is 26.8 Å². The highest BCUT2D eigenvalue weighted by Gasteiger charge is 2.33. The molecule has 9 heteroatoms. The number of anilines is 2. The number of ketones is 2. The predicted octanol–water partition coefficient (Wildman–Crippen LogP) is 4.20. The molecule has 178 valence electrons. The Morgan fingerprint density at radius 3 is 2.31 bits per heavy atom. The molecule has 0 aliphatic heterocycles. The number of halogens is 1. The maximum atomic E-state index is 13.0. The van der Waals surface area contributed by atoms with Gasteiger partial charge in [0.05, 0.1) is 29.6 Å². The van der Waals surface area contributed by atoms with Crippen LogP contribution in [-0.4, -0.2) is 36.7 Å². The second-order valence-electron chi connectivity index (χ2n) is 7.99. The number of aryl methyl sites for hydroxylation is 1. The Morgan fingerprint density at radius 2 is 1.66 bits per heavy atom. The number of carbonyl (C=O) groups excluding carboxylic acids is 4. The lowest BCUT2D eigenvalue weighted by molar-refractivity contribution is -0.123. The standard InChI is InChI=1S/C26H21ClN2O6/c1-12-10-19(20(34-3)11-18(12)27)29-25(32)13(2)35-26(33)17-9-8-16-21(22(17)28)24(31)15-7-5-4-6-14(15)23(16)30/h4-11,13H,28H2,1-3H3,(H,29,32). The van der Waals surface area contributed by atoms with Gasteiger partial charge in [-0.25, -0.2) is 4.79 Å². The lowest BCUT2D eigenvalue weighted by Gasteiger charge is -2.21. The molecular weight excluding hydrogens is 472 g/mol. The van der Waals surface area contributed by atoms with Gasteiger partial charge in [-0.1, -0.05) is 35.9 Å². The van der Waals surface area contributed by atoms with Crippen LogP contribution in [-0.2, 0) is 9.53 Å². The normalized spacial score (nSPS) is 12.9. The first-order chi connectivity index (χ1) is 16.6. The van der Waals surface area contributed by atoms with E-state index >= 15 is 0 Å². The number of fused-ring (bicyclic) bond motifs is 2. The number of carbonyl (C=O) groups is 4. The molecule has 0 fully saturated rings. The molecule has 0 saturated heterocycles. The van der Waals surface area contributed by atoms with Gasteiger partial charge in [-0.2, -0.15) is 0 Å². The summed E-state index contributed by atoms with van der Waals surface area (Å²) in [5, 5.41) is 3.11. The summed E-state index contributed by atoms with van der Waals surface area (Å²) in [4.78, 5) is 51.4. The number of rotatable bonds is 5. The quantitative estimate of drug-likeness (QED) is 0.316. The van der Waals surface area contributed by atoms with Crippen LogP contribution in [0.4, 0.5) is 11.4 Å². The molecule has 35 heavy (non-hydrogen) atoms. The molecule has 4 rings (SSSR count). The van der Waals surface area contributed by atoms with Crippen molar-refractivity contribution in [3.05, 3.63) is 86.9 Å². The van der Waals surface area contributed by atoms with Crippen LogP contribution in [0.1, 0.15) is 54.7 Å². The molecule has 1 aliphatic carbocycles. The number of ether oxygens (including phenoxy) is 2. The Hall–Kier alpha value is -4.17. The molecule has 0 bridgehead atoms. The van der Waals surface area contributed by atoms with Crippen molar-refractivity contribution >= 4 is 46.4 Å². The lowest BCUT2D eigenvalue weighted by atomic mass is 9.82. The Kier molecular flexibility index (Phi) is 6.32. The van der Waals surface area contributed by atoms with Crippen LogP contribution in [0, 0.1) is 6.92 Å². The fourth-order valence-electron chi connectivity index (χ4n) is 3.83. The topological polar surface area (TPSA) is 125 Å². The maximum Gasteiger partial charge on any atom is 0.341 e. The lowest BCUT2D eigenvalue weighted by Crippen LogP contribution is -2.31. The van der Waals surface area contributed by atoms with Crippen LogP contribution >= 0.6 is 11.6 Å². The third-order valence-electron chi connectivity index (χ3n) is 5.75. The minimum absolute atomic E-state index is 0.0540. The molecule has 3 aromatic carbocycles. The van der Waals surface area contributed by atoms with E-state index in [9.17, 15) is 19.2 Å². The van der Waals surface area contributed by atoms with Crippen molar-refractivity contribution in [3.8, 4) is 5.75 Å². The Labute approximate surface area is 206 Å². The smallest absolute Gasteiger partial charge is 0.341 e. The van der Waals surface area contributed by atoms with Crippen molar-refractivity contribution in [1.29, 1.82) is 0 Å². The Balaban J connectivity index is 1.56. The van der Waals surface area contributed by atoms with Crippen molar-refractivity contribution in [2.24, 2.45) is 0 Å². The third kappa shape index (κ3) is 4.24. The van der Waals surface area contributed by atoms with Crippen molar-refractivity contribution in [1.82, 2.24) is 0 Å². The molecule has 0 aromatic heterocycles. The van der Waals surface area contributed by atoms with E-state index in [1.807, 2.05) is 0 Å². The Bertz CT molecular complexity index is 1420. The average molecular weight is 493 g/mol. The van der Waals surface area contributed by atoms with E-state index in [1.54, 1.807) is 37.3 Å². The van der Waals surface area contributed by atoms with Gasteiger partial charge in [0.1, 0.15) is 5.75 Å². The summed E-state index contributed by atoms with van der Waals surface area (Å²) in [6.07, 6.45) is -1.21. The highest BCUT2D eigenvalue weighted by atomic mass is 35.5. The minimum Gasteiger partial charge on any atom is -0.495 e. The summed E-state index contributed by atoms with van der Waals surface area (Å²) in [7, 11) is 1.43. The fourth-order valence-corrected chi connectivity index (χ4v) is 3.99. The summed E-state index contributed by atoms with van der Waals surface area (Å²) in [5.41, 5.74) is 7.48. The van der Waals surface area contributed by atoms with Gasteiger partial charge in [0.25, 0.3) is 5.91 Å². The first-order valence-electron chi connectivity index (χ1n) is 10.6. The first kappa shape index (κ1) is 24.0. The highest BCUT2D eigenvalue weighted by Crippen LogP contribution is 2.33. The summed E-state index contributed by atoms with van der Waals surface area (Å²) < 4.78 is 10.5. The second kappa shape index (κ2) is 9.23. The molecular formula is C26H21ClN2O6. The van der Waals surface area contributed by atoms with E-state index in [0.29, 0.717) is 16.5 Å². The van der Waals surface area contributed by atoms with Crippen LogP contribution < -0.4 is 15.8 Å². The number of nitrogens with one attached hydrogen (secondary N) is 1. The number of hydrogen-bond acceptors (Lipinski definition) is 7. The SMILES string of the molecule is COc1cc(Cl)c(C)cc1NC(=O)C(C)OC(=O)c1ccc2c(c1N)C(=O)c1ccccc1C2=O. The van der Waals surface area contributed by atoms with Gasteiger partial charge < -0.3 is 20.5 Å². The summed E-state index contributed by atoms with van der Waals surface area (Å²) in [5.74, 6) is -2.00. The van der Waals surface area contributed by atoms with Crippen molar-refractivity contribution in [2.45, 2.75) is 20.0 Å². The van der Waals surface area contributed by atoms with Crippen molar-refractivity contribution in [2.75, 3.05) is 18.2 Å². The molecule has 0 radical (unpaired) electrons. The molecule has 1 unspecified atom stereocenters. The van der Waals surface area contributed by atoms with Crippen LogP contribution in [0.5, 0.6) is 5.75 Å². The Morgan fingerprint density at radius 1 is 1.00 bits per heavy atom. The molecule has 3 aromatic rings. The number of nitrogen functional groups attached to an aromatic ring is 1. The zero-order valence-corrected chi connectivity index (χ0v) is 19.9. The van der Waals surface area contributed by atoms with Crippen molar-refractivity contribution in [3.63, 3.8) is 0 Å². The van der Waals surface area contributed by atoms with Gasteiger partial charge in [-0.15, -0.1) is 0 Å². The van der Waals surface area contributed by atoms with E-state index in [2.05, 4.69) is 5.32 Å². The number of nitrogens with two attached hydrogens (primary N) is 1. The van der Waals surface area contributed by atoms with Gasteiger partial charge >= 0.3 is 5.97 Å². The molecule has 1 amide bonds. The zero-order chi connectivity index (χ0) is 25.4. The van der Waals surface area contributed by atoms with Gasteiger partial charge in [0.15, 0.2) is 17.7 Å². The van der Waals surface area contributed by atoms with Crippen molar-refractivity contribution < 1.29 is 28.7 Å². The molecule has 0 saturated carbocycles. The largest absolute Gasteiger partial charge is 0.495 e. The molecule has 1 atom stereocenters. The molecule has 0 spiro atoms. The number of esters is 1. The van der Waals surface area contributed by atoms with E-state index in [-0.39, 0.29) is 39.3 Å². The van der Waals surface area contributed by atoms with E-state index in [1.165, 1.54) is 32.2 Å². The van der Waals surface area contributed by atoms with Gasteiger partial charge in [0, 0.05) is 27.8 Å². The van der Waals surface area contributed by atoms with Crippen LogP contribution in [0.3, 0.4) is 0 Å². The summed E-state index contributed by atoms with van der Waals surface area (Å²) in [6, 6.07) is 12.3. The average Bonchev–Trinajstić information content (AvgIpc) is 2.84. The fraction of sp³-hybridized carbons (Fsp3) is 0.154. The third-order valence-corrected chi connectivity index (χ3v) is 6.15. The number of amides is 1. The number of methoxy groups -OCH3 is 1. The second-order valence-corrected chi connectivity index (χ2v) is 8.40. The molecule has 3 N–H and O–H groups in total. The molecule has 8 nitrogen and oxygen atoms in total. The maximum absolute atomic E-state index is 13.0. The number of hydrogen-bond donors (Lipinski definition) is 2. The van der Waals surface area contributed by atoms with Crippen LogP contribution in [0.25, 0.3) is 0 Å². The van der Waals surface area contributed by atoms with E-state index in [0.717, 1.165) is 5.56 Å². The van der Waals surface area contributed by atoms with Gasteiger partial charge in [-0.05, 0) is 37.6 Å². The van der Waals surface area contributed by atoms with Crippen LogP contribution in [0.15, 0.2) is 48.5 Å².